The summed E-state index contributed by atoms with van der Waals surface area (Å²) in [4.78, 5) is 114. The van der Waals surface area contributed by atoms with Crippen LogP contribution in [0.3, 0.4) is 0 Å². The molecule has 85 heavy (non-hydrogen) atoms. The second-order valence-corrected chi connectivity index (χ2v) is 21.3. The quantitative estimate of drug-likeness (QED) is 0.0401. The van der Waals surface area contributed by atoms with Crippen LogP contribution in [-0.2, 0) is 52.4 Å². The number of carbonyl (C=O) groups is 8. The minimum Gasteiger partial charge on any atom is -0.499 e. The lowest BCUT2D eigenvalue weighted by molar-refractivity contribution is -0.137. The Morgan fingerprint density at radius 2 is 1.24 bits per heavy atom. The number of fused-ring (bicyclic) bond motifs is 8. The van der Waals surface area contributed by atoms with Crippen molar-refractivity contribution >= 4 is 113 Å². The van der Waals surface area contributed by atoms with Gasteiger partial charge in [0.2, 0.25) is 23.6 Å². The standard InChI is InChI=1S/C60H57B4N9O12/c1-32(68-52(75)16-10-9-15-51(74)65-19-20-71-53(76)17-18-54(71)77)55(78)69-33(2)56(79)70-38-24-36(59(61,62)84-49-28-43-41(26-47(49)82-3)57(80)72-39(30-66-43)21-34-11-5-7-13-45(34)72)23-37(25-38)60(63,64)85-50-29-44-42(27-48(50)83-4)58(81)73-40(31-67-44)22-35-12-6-8-14-46(35)73/h5-8,11-14,17-18,23-30,32-33,39-40,67H,9-10,15-16,19-22,31H2,1-4H3,(H,65,74)(H,68,75)(H,69,78)(H,70,79)/t32-,33-,39-,40-/m0/s1. The second kappa shape index (κ2) is 24.1. The Hall–Kier alpha value is -9.27. The maximum absolute atomic E-state index is 14.3. The minimum atomic E-state index is -2.31. The van der Waals surface area contributed by atoms with Gasteiger partial charge in [-0.05, 0) is 91.8 Å². The molecule has 0 fully saturated rings. The lowest BCUT2D eigenvalue weighted by Gasteiger charge is -2.34. The maximum atomic E-state index is 14.3. The normalized spacial score (nSPS) is 17.2. The van der Waals surface area contributed by atoms with Gasteiger partial charge in [0.15, 0.2) is 23.0 Å². The number of imide groups is 1. The van der Waals surface area contributed by atoms with Crippen LogP contribution in [0.15, 0.2) is 108 Å². The molecule has 10 rings (SSSR count). The number of nitrogens with one attached hydrogen (secondary N) is 5. The average Bonchev–Trinajstić information content (AvgIpc) is 1.94. The summed E-state index contributed by atoms with van der Waals surface area (Å²) in [6.45, 7) is 3.39. The van der Waals surface area contributed by atoms with Crippen molar-refractivity contribution in [2.75, 3.05) is 54.3 Å². The highest BCUT2D eigenvalue weighted by Gasteiger charge is 2.40. The molecule has 21 nitrogen and oxygen atoms in total. The maximum Gasteiger partial charge on any atom is 0.261 e. The molecule has 8 radical (unpaired) electrons. The van der Waals surface area contributed by atoms with Crippen molar-refractivity contribution in [3.8, 4) is 23.0 Å². The number of anilines is 4. The number of hydrogen-bond donors (Lipinski definition) is 5. The Kier molecular flexibility index (Phi) is 16.7. The Labute approximate surface area is 495 Å². The first kappa shape index (κ1) is 58.9. The number of methoxy groups -OCH3 is 2. The largest absolute Gasteiger partial charge is 0.499 e. The zero-order chi connectivity index (χ0) is 60.5. The zero-order valence-corrected chi connectivity index (χ0v) is 47.1. The zero-order valence-electron chi connectivity index (χ0n) is 47.1. The minimum absolute atomic E-state index is 0.00228. The third-order valence-corrected chi connectivity index (χ3v) is 15.3. The van der Waals surface area contributed by atoms with Gasteiger partial charge in [0.1, 0.15) is 43.5 Å². The monoisotopic (exact) mass is 1140 g/mol. The number of ether oxygens (including phenoxy) is 4. The van der Waals surface area contributed by atoms with Crippen molar-refractivity contribution in [2.45, 2.75) is 87.3 Å². The number of rotatable bonds is 21. The fourth-order valence-electron chi connectivity index (χ4n) is 10.8. The molecule has 0 aromatic heterocycles. The van der Waals surface area contributed by atoms with Gasteiger partial charge in [-0.3, -0.25) is 53.1 Å². The van der Waals surface area contributed by atoms with Crippen LogP contribution in [0.2, 0.25) is 0 Å². The summed E-state index contributed by atoms with van der Waals surface area (Å²) < 4.78 is 24.3. The summed E-state index contributed by atoms with van der Waals surface area (Å²) in [5.41, 5.74) is 4.83. The highest BCUT2D eigenvalue weighted by atomic mass is 16.5. The number of para-hydroxylation sites is 2. The molecule has 0 bridgehead atoms. The number of aliphatic imine (C=N–C) groups is 1. The number of hydrogen-bond acceptors (Lipinski definition) is 14. The van der Waals surface area contributed by atoms with E-state index >= 15 is 0 Å². The molecule has 0 unspecified atom stereocenters. The van der Waals surface area contributed by atoms with Crippen LogP contribution in [0.25, 0.3) is 0 Å². The first-order chi connectivity index (χ1) is 40.6. The first-order valence-electron chi connectivity index (χ1n) is 27.6. The van der Waals surface area contributed by atoms with E-state index < -0.39 is 52.4 Å². The van der Waals surface area contributed by atoms with Crippen molar-refractivity contribution in [3.05, 3.63) is 137 Å². The molecule has 5 N–H and O–H groups in total. The SMILES string of the molecule is [B]C([B])(Oc1cc2c(cc1OC)C(=O)N1c3ccccc3C[C@H]1C=N2)c1cc(NC(=O)[C@H](C)NC(=O)[C@H](C)NC(=O)CCCCC(=O)NCCN2C(=O)C=CC2=O)cc(C([B])([B])Oc2cc3c(cc2OC)C(=O)N2c4ccccc4C[C@H]2CN3)c1. The van der Waals surface area contributed by atoms with E-state index in [1.54, 1.807) is 22.1 Å². The van der Waals surface area contributed by atoms with Crippen LogP contribution in [0.1, 0.15) is 82.5 Å². The molecule has 0 spiro atoms. The Morgan fingerprint density at radius 3 is 1.88 bits per heavy atom. The Morgan fingerprint density at radius 1 is 0.671 bits per heavy atom. The molecule has 5 heterocycles. The predicted octanol–water partition coefficient (Wildman–Crippen LogP) is 3.59. The van der Waals surface area contributed by atoms with E-state index in [2.05, 4.69) is 26.6 Å². The highest BCUT2D eigenvalue weighted by molar-refractivity contribution is 6.40. The molecular formula is C60H57B4N9O12. The molecule has 8 amide bonds. The third kappa shape index (κ3) is 12.4. The van der Waals surface area contributed by atoms with E-state index in [9.17, 15) is 38.4 Å². The number of amides is 8. The fourth-order valence-corrected chi connectivity index (χ4v) is 10.8. The average molecular weight is 1140 g/mol. The van der Waals surface area contributed by atoms with E-state index in [0.717, 1.165) is 39.6 Å². The van der Waals surface area contributed by atoms with Crippen molar-refractivity contribution in [1.29, 1.82) is 0 Å². The van der Waals surface area contributed by atoms with Gasteiger partial charge in [0, 0.05) is 86.5 Å². The van der Waals surface area contributed by atoms with Crippen LogP contribution in [0, 0.1) is 0 Å². The summed E-state index contributed by atoms with van der Waals surface area (Å²) >= 11 is 0. The number of benzene rings is 5. The Balaban J connectivity index is 0.859. The first-order valence-corrected chi connectivity index (χ1v) is 27.6. The summed E-state index contributed by atoms with van der Waals surface area (Å²) in [5.74, 6) is -3.46. The van der Waals surface area contributed by atoms with Crippen molar-refractivity contribution in [1.82, 2.24) is 20.9 Å². The van der Waals surface area contributed by atoms with Gasteiger partial charge in [-0.1, -0.05) is 42.5 Å². The number of nitrogens with zero attached hydrogens (tertiary/aromatic N) is 4. The van der Waals surface area contributed by atoms with Gasteiger partial charge in [-0.15, -0.1) is 0 Å². The number of unbranched alkanes of at least 4 members (excludes halogenated alkanes) is 1. The number of carbonyl (C=O) groups excluding carboxylic acids is 8. The van der Waals surface area contributed by atoms with Crippen LogP contribution >= 0.6 is 0 Å². The molecule has 5 aliphatic rings. The molecule has 25 heteroatoms. The smallest absolute Gasteiger partial charge is 0.261 e. The molecule has 4 atom stereocenters. The van der Waals surface area contributed by atoms with E-state index in [1.807, 2.05) is 48.5 Å². The molecule has 0 saturated carbocycles. The molecule has 5 aliphatic heterocycles. The molecule has 5 aromatic rings. The van der Waals surface area contributed by atoms with Crippen LogP contribution in [0.4, 0.5) is 28.4 Å². The summed E-state index contributed by atoms with van der Waals surface area (Å²) in [6, 6.07) is 22.8. The van der Waals surface area contributed by atoms with Crippen LogP contribution in [-0.4, -0.2) is 148 Å². The molecule has 426 valence electrons. The van der Waals surface area contributed by atoms with Crippen molar-refractivity contribution in [3.63, 3.8) is 0 Å². The molecule has 0 aliphatic carbocycles. The predicted molar refractivity (Wildman–Crippen MR) is 319 cm³/mol. The lowest BCUT2D eigenvalue weighted by atomic mass is 9.57. The fraction of sp³-hybridized carbons (Fsp3) is 0.317. The van der Waals surface area contributed by atoms with E-state index in [-0.39, 0.29) is 107 Å². The van der Waals surface area contributed by atoms with Crippen molar-refractivity contribution < 1.29 is 57.3 Å². The van der Waals surface area contributed by atoms with Crippen molar-refractivity contribution in [2.24, 2.45) is 4.99 Å². The molecular weight excluding hydrogens is 1080 g/mol. The lowest BCUT2D eigenvalue weighted by Crippen LogP contribution is -2.50. The van der Waals surface area contributed by atoms with E-state index in [1.165, 1.54) is 64.5 Å². The summed E-state index contributed by atoms with van der Waals surface area (Å²) in [7, 11) is 30.4. The van der Waals surface area contributed by atoms with Gasteiger partial charge >= 0.3 is 0 Å². The third-order valence-electron chi connectivity index (χ3n) is 15.3. The molecule has 5 aromatic carbocycles. The summed E-state index contributed by atoms with van der Waals surface area (Å²) in [5, 5.41) is 9.38. The Bertz CT molecular complexity index is 3620. The second-order valence-electron chi connectivity index (χ2n) is 21.3. The van der Waals surface area contributed by atoms with Gasteiger partial charge in [0.25, 0.3) is 23.6 Å². The van der Waals surface area contributed by atoms with Crippen LogP contribution < -0.4 is 55.3 Å². The van der Waals surface area contributed by atoms with Gasteiger partial charge in [-0.25, -0.2) is 0 Å². The van der Waals surface area contributed by atoms with E-state index in [4.69, 9.17) is 55.3 Å². The van der Waals surface area contributed by atoms with Crippen LogP contribution in [0.5, 0.6) is 23.0 Å². The van der Waals surface area contributed by atoms with Gasteiger partial charge < -0.3 is 50.4 Å². The summed E-state index contributed by atoms with van der Waals surface area (Å²) in [6.07, 6.45) is 5.97. The molecule has 0 saturated heterocycles. The highest BCUT2D eigenvalue weighted by Crippen LogP contribution is 2.45. The van der Waals surface area contributed by atoms with Gasteiger partial charge in [0.05, 0.1) is 59.6 Å². The topological polar surface area (TPSA) is 256 Å². The van der Waals surface area contributed by atoms with Gasteiger partial charge in [-0.2, -0.15) is 0 Å². The van der Waals surface area contributed by atoms with E-state index in [0.29, 0.717) is 43.5 Å².